The molecule has 0 aliphatic heterocycles. The number of hydrogen-bond donors (Lipinski definition) is 0. The number of aromatic nitrogens is 5. The van der Waals surface area contributed by atoms with E-state index >= 15 is 0 Å². The van der Waals surface area contributed by atoms with Crippen molar-refractivity contribution < 1.29 is 0 Å². The standard InChI is InChI=1S/C53H55N5/c1-5-8-11-20-34-53(35-21-12-9-6-2)45-29-17-16-28-43(45)44-33-32-41(37-46(44)53)51-56-49(39-24-14-13-15-25-39)55-50(57-51)40-26-22-27-42(36-40)58-48-31-19-18-30-47(48)54-52(58)38(4)23-10-7-3/h7,10,13-19,22-33,36-37H,5-6,8-9,11-12,20-21,34-35H2,1-4H3/b10-7-,38-23+. The molecule has 2 aromatic heterocycles. The maximum absolute atomic E-state index is 5.31. The number of unbranched alkanes of at least 4 members (excludes halogenated alkanes) is 6. The predicted molar refractivity (Wildman–Crippen MR) is 243 cm³/mol. The minimum absolute atomic E-state index is 0.0271. The number of nitrogens with zero attached hydrogens (tertiary/aromatic N) is 5. The van der Waals surface area contributed by atoms with Crippen LogP contribution in [0.5, 0.6) is 0 Å². The molecule has 58 heavy (non-hydrogen) atoms. The van der Waals surface area contributed by atoms with Crippen LogP contribution in [0.4, 0.5) is 0 Å². The van der Waals surface area contributed by atoms with Crippen LogP contribution >= 0.6 is 0 Å². The van der Waals surface area contributed by atoms with Crippen LogP contribution in [0.15, 0.2) is 140 Å². The van der Waals surface area contributed by atoms with Crippen molar-refractivity contribution in [2.45, 2.75) is 97.3 Å². The lowest BCUT2D eigenvalue weighted by Gasteiger charge is -2.33. The molecule has 0 unspecified atom stereocenters. The van der Waals surface area contributed by atoms with Gasteiger partial charge >= 0.3 is 0 Å². The average Bonchev–Trinajstić information content (AvgIpc) is 3.80. The van der Waals surface area contributed by atoms with Gasteiger partial charge in [0.2, 0.25) is 0 Å². The molecular formula is C53H55N5. The molecule has 5 heteroatoms. The Morgan fingerprint density at radius 2 is 1.19 bits per heavy atom. The van der Waals surface area contributed by atoms with Crippen LogP contribution < -0.4 is 0 Å². The maximum atomic E-state index is 5.31. The van der Waals surface area contributed by atoms with Crippen LogP contribution in [-0.4, -0.2) is 24.5 Å². The molecule has 0 saturated carbocycles. The summed E-state index contributed by atoms with van der Waals surface area (Å²) >= 11 is 0. The summed E-state index contributed by atoms with van der Waals surface area (Å²) < 4.78 is 2.24. The van der Waals surface area contributed by atoms with Crippen molar-refractivity contribution in [2.75, 3.05) is 0 Å². The molecule has 5 nitrogen and oxygen atoms in total. The molecule has 0 fully saturated rings. The van der Waals surface area contributed by atoms with Crippen LogP contribution in [-0.2, 0) is 5.41 Å². The van der Waals surface area contributed by atoms with E-state index in [0.717, 1.165) is 57.7 Å². The van der Waals surface area contributed by atoms with Gasteiger partial charge < -0.3 is 0 Å². The number of imidazole rings is 1. The van der Waals surface area contributed by atoms with E-state index in [9.17, 15) is 0 Å². The molecule has 2 heterocycles. The van der Waals surface area contributed by atoms with Crippen LogP contribution in [0.25, 0.3) is 67.6 Å². The third-order valence-electron chi connectivity index (χ3n) is 11.9. The van der Waals surface area contributed by atoms with Crippen LogP contribution in [0.1, 0.15) is 109 Å². The molecule has 0 amide bonds. The van der Waals surface area contributed by atoms with Gasteiger partial charge in [-0.15, -0.1) is 0 Å². The second-order valence-electron chi connectivity index (χ2n) is 15.9. The number of benzene rings is 5. The highest BCUT2D eigenvalue weighted by molar-refractivity contribution is 5.85. The Kier molecular flexibility index (Phi) is 11.9. The van der Waals surface area contributed by atoms with Gasteiger partial charge in [-0.25, -0.2) is 19.9 Å². The van der Waals surface area contributed by atoms with Crippen LogP contribution in [0.3, 0.4) is 0 Å². The lowest BCUT2D eigenvalue weighted by atomic mass is 9.70. The molecule has 0 saturated heterocycles. The molecule has 292 valence electrons. The molecule has 0 bridgehead atoms. The van der Waals surface area contributed by atoms with Crippen LogP contribution in [0.2, 0.25) is 0 Å². The molecule has 1 aliphatic rings. The Labute approximate surface area is 344 Å². The molecule has 0 atom stereocenters. The monoisotopic (exact) mass is 761 g/mol. The molecular weight excluding hydrogens is 707 g/mol. The summed E-state index contributed by atoms with van der Waals surface area (Å²) in [5, 5.41) is 0. The number of hydrogen-bond acceptors (Lipinski definition) is 4. The third kappa shape index (κ3) is 7.70. The van der Waals surface area contributed by atoms with E-state index in [4.69, 9.17) is 19.9 Å². The molecule has 7 aromatic rings. The summed E-state index contributed by atoms with van der Waals surface area (Å²) in [7, 11) is 0. The highest BCUT2D eigenvalue weighted by atomic mass is 15.1. The molecule has 8 rings (SSSR count). The second-order valence-corrected chi connectivity index (χ2v) is 15.9. The Balaban J connectivity index is 1.27. The van der Waals surface area contributed by atoms with Gasteiger partial charge in [0.25, 0.3) is 0 Å². The first-order chi connectivity index (χ1) is 28.5. The summed E-state index contributed by atoms with van der Waals surface area (Å²) in [5.74, 6) is 2.91. The van der Waals surface area contributed by atoms with Crippen molar-refractivity contribution in [3.63, 3.8) is 0 Å². The normalized spacial score (nSPS) is 13.3. The van der Waals surface area contributed by atoms with Gasteiger partial charge in [-0.3, -0.25) is 4.57 Å². The zero-order chi connectivity index (χ0) is 39.9. The fourth-order valence-electron chi connectivity index (χ4n) is 8.97. The smallest absolute Gasteiger partial charge is 0.164 e. The third-order valence-corrected chi connectivity index (χ3v) is 11.9. The lowest BCUT2D eigenvalue weighted by Crippen LogP contribution is -2.25. The van der Waals surface area contributed by atoms with Gasteiger partial charge in [0.05, 0.1) is 11.0 Å². The van der Waals surface area contributed by atoms with Gasteiger partial charge in [0.15, 0.2) is 17.5 Å². The minimum Gasteiger partial charge on any atom is -0.293 e. The summed E-state index contributed by atoms with van der Waals surface area (Å²) in [5.41, 5.74) is 12.7. The van der Waals surface area contributed by atoms with Crippen molar-refractivity contribution in [1.29, 1.82) is 0 Å². The summed E-state index contributed by atoms with van der Waals surface area (Å²) in [6.07, 6.45) is 18.6. The van der Waals surface area contributed by atoms with Crippen molar-refractivity contribution in [1.82, 2.24) is 24.5 Å². The van der Waals surface area contributed by atoms with Gasteiger partial charge in [-0.2, -0.15) is 0 Å². The molecule has 0 N–H and O–H groups in total. The fourth-order valence-corrected chi connectivity index (χ4v) is 8.97. The number of rotatable bonds is 16. The van der Waals surface area contributed by atoms with E-state index in [1.54, 1.807) is 0 Å². The molecule has 1 aliphatic carbocycles. The zero-order valence-corrected chi connectivity index (χ0v) is 34.6. The predicted octanol–water partition coefficient (Wildman–Crippen LogP) is 14.4. The molecule has 0 radical (unpaired) electrons. The van der Waals surface area contributed by atoms with E-state index in [-0.39, 0.29) is 5.41 Å². The van der Waals surface area contributed by atoms with Gasteiger partial charge in [-0.05, 0) is 84.8 Å². The largest absolute Gasteiger partial charge is 0.293 e. The Hall–Kier alpha value is -5.94. The van der Waals surface area contributed by atoms with E-state index < -0.39 is 0 Å². The molecule has 5 aromatic carbocycles. The maximum Gasteiger partial charge on any atom is 0.164 e. The summed E-state index contributed by atoms with van der Waals surface area (Å²) in [6.45, 7) is 8.76. The SMILES string of the molecule is C/C=C\C=C(/C)c1nc2ccccc2n1-c1cccc(-c2nc(-c3ccccc3)nc(-c3ccc4c(c3)C(CCCCCC)(CCCCCC)c3ccccc3-4)n2)c1. The Morgan fingerprint density at radius 1 is 0.569 bits per heavy atom. The summed E-state index contributed by atoms with van der Waals surface area (Å²) in [4.78, 5) is 20.8. The number of para-hydroxylation sites is 2. The van der Waals surface area contributed by atoms with Gasteiger partial charge in [0.1, 0.15) is 5.82 Å². The average molecular weight is 762 g/mol. The van der Waals surface area contributed by atoms with E-state index in [1.807, 2.05) is 37.3 Å². The van der Waals surface area contributed by atoms with E-state index in [2.05, 4.69) is 135 Å². The lowest BCUT2D eigenvalue weighted by molar-refractivity contribution is 0.401. The Bertz CT molecular complexity index is 2560. The highest BCUT2D eigenvalue weighted by Crippen LogP contribution is 2.55. The number of fused-ring (bicyclic) bond motifs is 4. The van der Waals surface area contributed by atoms with Crippen molar-refractivity contribution in [2.24, 2.45) is 0 Å². The highest BCUT2D eigenvalue weighted by Gasteiger charge is 2.42. The van der Waals surface area contributed by atoms with Gasteiger partial charge in [0, 0.05) is 27.8 Å². The first-order valence-electron chi connectivity index (χ1n) is 21.5. The first-order valence-corrected chi connectivity index (χ1v) is 21.5. The topological polar surface area (TPSA) is 56.5 Å². The second kappa shape index (κ2) is 17.7. The quantitative estimate of drug-likeness (QED) is 0.0727. The zero-order valence-electron chi connectivity index (χ0n) is 34.6. The fraction of sp³-hybridized carbons (Fsp3) is 0.283. The van der Waals surface area contributed by atoms with Crippen molar-refractivity contribution in [3.05, 3.63) is 157 Å². The Morgan fingerprint density at radius 3 is 1.91 bits per heavy atom. The number of allylic oxidation sites excluding steroid dienone is 4. The van der Waals surface area contributed by atoms with Gasteiger partial charge in [-0.1, -0.05) is 174 Å². The minimum atomic E-state index is -0.0271. The molecule has 0 spiro atoms. The van der Waals surface area contributed by atoms with E-state index in [1.165, 1.54) is 73.6 Å². The van der Waals surface area contributed by atoms with E-state index in [0.29, 0.717) is 17.5 Å². The first kappa shape index (κ1) is 38.9. The summed E-state index contributed by atoms with van der Waals surface area (Å²) in [6, 6.07) is 43.3. The van der Waals surface area contributed by atoms with Crippen LogP contribution in [0, 0.1) is 0 Å². The van der Waals surface area contributed by atoms with Crippen molar-refractivity contribution in [3.8, 4) is 51.0 Å². The van der Waals surface area contributed by atoms with Crippen molar-refractivity contribution >= 4 is 16.6 Å².